The zero-order valence-corrected chi connectivity index (χ0v) is 17.1. The Morgan fingerprint density at radius 3 is 2.70 bits per heavy atom. The van der Waals surface area contributed by atoms with Crippen LogP contribution in [0.1, 0.15) is 5.56 Å². The second-order valence-corrected chi connectivity index (χ2v) is 7.03. The Morgan fingerprint density at radius 1 is 1.13 bits per heavy atom. The van der Waals surface area contributed by atoms with E-state index < -0.39 is 0 Å². The van der Waals surface area contributed by atoms with Crippen LogP contribution >= 0.6 is 11.3 Å². The number of amides is 1. The van der Waals surface area contributed by atoms with Gasteiger partial charge >= 0.3 is 0 Å². The van der Waals surface area contributed by atoms with E-state index in [0.717, 1.165) is 5.56 Å². The predicted octanol–water partition coefficient (Wildman–Crippen LogP) is 2.98. The first-order valence-corrected chi connectivity index (χ1v) is 9.84. The van der Waals surface area contributed by atoms with Gasteiger partial charge in [0.15, 0.2) is 28.1 Å². The van der Waals surface area contributed by atoms with Gasteiger partial charge in [-0.15, -0.1) is 11.3 Å². The largest absolute Gasteiger partial charge is 0.493 e. The van der Waals surface area contributed by atoms with Crippen LogP contribution in [0.4, 0.5) is 5.82 Å². The van der Waals surface area contributed by atoms with E-state index in [1.54, 1.807) is 61.8 Å². The summed E-state index contributed by atoms with van der Waals surface area (Å²) in [5, 5.41) is 9.53. The van der Waals surface area contributed by atoms with Gasteiger partial charge in [0.05, 0.1) is 20.6 Å². The highest BCUT2D eigenvalue weighted by atomic mass is 32.1. The Kier molecular flexibility index (Phi) is 5.66. The van der Waals surface area contributed by atoms with Gasteiger partial charge in [-0.2, -0.15) is 5.10 Å². The normalized spacial score (nSPS) is 10.6. The lowest BCUT2D eigenvalue weighted by Gasteiger charge is -2.11. The van der Waals surface area contributed by atoms with Crippen LogP contribution in [-0.4, -0.2) is 44.9 Å². The third kappa shape index (κ3) is 4.28. The van der Waals surface area contributed by atoms with Crippen molar-refractivity contribution in [3.63, 3.8) is 0 Å². The number of methoxy groups -OCH3 is 2. The summed E-state index contributed by atoms with van der Waals surface area (Å²) in [6, 6.07) is 8.81. The smallest absolute Gasteiger partial charge is 0.229 e. The second kappa shape index (κ2) is 8.70. The lowest BCUT2D eigenvalue weighted by Crippen LogP contribution is -2.16. The van der Waals surface area contributed by atoms with Crippen LogP contribution in [0.15, 0.2) is 54.3 Å². The summed E-state index contributed by atoms with van der Waals surface area (Å²) >= 11 is 1.42. The summed E-state index contributed by atoms with van der Waals surface area (Å²) in [7, 11) is 3.12. The van der Waals surface area contributed by atoms with Gasteiger partial charge in [0.25, 0.3) is 0 Å². The standard InChI is InChI=1S/C20H18N6O3S/c1-28-14-5-4-13(10-15(14)29-2)11-18(27)23-16-12-17(26-8-3-6-22-26)25-19(24-16)20-21-7-9-30-20/h3-10,12H,11H2,1-2H3,(H,23,24,25,27). The molecule has 0 radical (unpaired) electrons. The molecule has 1 N–H and O–H groups in total. The molecule has 0 fully saturated rings. The van der Waals surface area contributed by atoms with E-state index in [9.17, 15) is 4.79 Å². The summed E-state index contributed by atoms with van der Waals surface area (Å²) < 4.78 is 12.1. The van der Waals surface area contributed by atoms with Crippen molar-refractivity contribution in [1.82, 2.24) is 24.7 Å². The van der Waals surface area contributed by atoms with Crippen LogP contribution < -0.4 is 14.8 Å². The topological polar surface area (TPSA) is 104 Å². The molecule has 0 atom stereocenters. The average molecular weight is 422 g/mol. The van der Waals surface area contributed by atoms with Crippen LogP contribution in [0.5, 0.6) is 11.5 Å². The van der Waals surface area contributed by atoms with Gasteiger partial charge in [-0.1, -0.05) is 6.07 Å². The second-order valence-electron chi connectivity index (χ2n) is 6.14. The maximum Gasteiger partial charge on any atom is 0.229 e. The number of thiazole rings is 1. The van der Waals surface area contributed by atoms with Gasteiger partial charge < -0.3 is 14.8 Å². The Bertz CT molecular complexity index is 1090. The highest BCUT2D eigenvalue weighted by Crippen LogP contribution is 2.28. The van der Waals surface area contributed by atoms with Crippen molar-refractivity contribution < 1.29 is 14.3 Å². The van der Waals surface area contributed by atoms with E-state index in [1.807, 2.05) is 11.4 Å². The van der Waals surface area contributed by atoms with Crippen molar-refractivity contribution in [3.05, 3.63) is 59.9 Å². The first kappa shape index (κ1) is 19.5. The molecule has 9 nitrogen and oxygen atoms in total. The Labute approximate surface area is 176 Å². The number of carbonyl (C=O) groups excluding carboxylic acids is 1. The Morgan fingerprint density at radius 2 is 2.00 bits per heavy atom. The summed E-state index contributed by atoms with van der Waals surface area (Å²) in [6.07, 6.45) is 5.25. The first-order chi connectivity index (χ1) is 14.7. The fourth-order valence-corrected chi connectivity index (χ4v) is 3.38. The number of hydrogen-bond donors (Lipinski definition) is 1. The molecule has 30 heavy (non-hydrogen) atoms. The molecule has 1 aromatic carbocycles. The number of anilines is 1. The van der Waals surface area contributed by atoms with Crippen molar-refractivity contribution in [2.24, 2.45) is 0 Å². The number of rotatable bonds is 7. The van der Waals surface area contributed by atoms with Crippen LogP contribution in [0, 0.1) is 0 Å². The average Bonchev–Trinajstić information content (AvgIpc) is 3.47. The molecule has 0 unspecified atom stereocenters. The van der Waals surface area contributed by atoms with Crippen molar-refractivity contribution >= 4 is 23.1 Å². The Balaban J connectivity index is 1.58. The van der Waals surface area contributed by atoms with Gasteiger partial charge in [-0.05, 0) is 23.8 Å². The van der Waals surface area contributed by atoms with Crippen molar-refractivity contribution in [1.29, 1.82) is 0 Å². The minimum atomic E-state index is -0.225. The number of benzene rings is 1. The van der Waals surface area contributed by atoms with Gasteiger partial charge in [0.2, 0.25) is 5.91 Å². The third-order valence-electron chi connectivity index (χ3n) is 4.16. The molecule has 1 amide bonds. The quantitative estimate of drug-likeness (QED) is 0.488. The number of carbonyl (C=O) groups is 1. The molecule has 3 aromatic heterocycles. The van der Waals surface area contributed by atoms with Crippen LogP contribution in [-0.2, 0) is 11.2 Å². The lowest BCUT2D eigenvalue weighted by molar-refractivity contribution is -0.115. The van der Waals surface area contributed by atoms with Gasteiger partial charge in [-0.3, -0.25) is 4.79 Å². The molecule has 0 aliphatic carbocycles. The number of nitrogens with zero attached hydrogens (tertiary/aromatic N) is 5. The van der Waals surface area contributed by atoms with Gasteiger partial charge in [0.1, 0.15) is 5.82 Å². The summed E-state index contributed by atoms with van der Waals surface area (Å²) in [4.78, 5) is 25.9. The van der Waals surface area contributed by atoms with E-state index in [2.05, 4.69) is 25.4 Å². The fraction of sp³-hybridized carbons (Fsp3) is 0.150. The van der Waals surface area contributed by atoms with Crippen molar-refractivity contribution in [2.45, 2.75) is 6.42 Å². The van der Waals surface area contributed by atoms with E-state index in [0.29, 0.717) is 34.0 Å². The molecule has 3 heterocycles. The molecule has 152 valence electrons. The molecular weight excluding hydrogens is 404 g/mol. The fourth-order valence-electron chi connectivity index (χ4n) is 2.81. The van der Waals surface area contributed by atoms with Crippen LogP contribution in [0.2, 0.25) is 0 Å². The van der Waals surface area contributed by atoms with E-state index in [4.69, 9.17) is 9.47 Å². The van der Waals surface area contributed by atoms with E-state index in [1.165, 1.54) is 11.3 Å². The molecule has 0 bridgehead atoms. The zero-order valence-electron chi connectivity index (χ0n) is 16.3. The maximum absolute atomic E-state index is 12.7. The minimum absolute atomic E-state index is 0.147. The molecule has 4 aromatic rings. The number of aromatic nitrogens is 5. The summed E-state index contributed by atoms with van der Waals surface area (Å²) in [6.45, 7) is 0. The third-order valence-corrected chi connectivity index (χ3v) is 4.92. The summed E-state index contributed by atoms with van der Waals surface area (Å²) in [5.74, 6) is 2.26. The number of ether oxygens (including phenoxy) is 2. The van der Waals surface area contributed by atoms with E-state index in [-0.39, 0.29) is 12.3 Å². The summed E-state index contributed by atoms with van der Waals surface area (Å²) in [5.41, 5.74) is 0.784. The van der Waals surface area contributed by atoms with Gasteiger partial charge in [-0.25, -0.2) is 19.6 Å². The predicted molar refractivity (Wildman–Crippen MR) is 112 cm³/mol. The first-order valence-electron chi connectivity index (χ1n) is 8.96. The SMILES string of the molecule is COc1ccc(CC(=O)Nc2cc(-n3cccn3)nc(-c3nccs3)n2)cc1OC. The highest BCUT2D eigenvalue weighted by Gasteiger charge is 2.14. The molecule has 0 aliphatic rings. The molecule has 10 heteroatoms. The van der Waals surface area contributed by atoms with E-state index >= 15 is 0 Å². The van der Waals surface area contributed by atoms with Crippen molar-refractivity contribution in [2.75, 3.05) is 19.5 Å². The van der Waals surface area contributed by atoms with Crippen LogP contribution in [0.3, 0.4) is 0 Å². The van der Waals surface area contributed by atoms with Crippen LogP contribution in [0.25, 0.3) is 16.6 Å². The lowest BCUT2D eigenvalue weighted by atomic mass is 10.1. The monoisotopic (exact) mass is 422 g/mol. The van der Waals surface area contributed by atoms with Crippen molar-refractivity contribution in [3.8, 4) is 28.1 Å². The highest BCUT2D eigenvalue weighted by molar-refractivity contribution is 7.13. The van der Waals surface area contributed by atoms with Gasteiger partial charge in [0, 0.05) is 30.0 Å². The molecular formula is C20H18N6O3S. The number of nitrogens with one attached hydrogen (secondary N) is 1. The molecule has 0 aliphatic heterocycles. The minimum Gasteiger partial charge on any atom is -0.493 e. The molecule has 4 rings (SSSR count). The number of hydrogen-bond acceptors (Lipinski definition) is 8. The zero-order chi connectivity index (χ0) is 20.9. The molecule has 0 saturated carbocycles. The molecule has 0 saturated heterocycles. The maximum atomic E-state index is 12.7. The Hall–Kier alpha value is -3.79. The molecule has 0 spiro atoms.